The zero-order valence-corrected chi connectivity index (χ0v) is 21.7. The standard InChI is InChI=1S/C28H27N5O4S/c1-36-24-10-6-5-9-23(24)27(35)33-17-15-32(16-18-33)22-13-11-21(12-14-22)29-25(34)19-38-28-31-30-26(37-28)20-7-3-2-4-8-20/h2-14H,15-19H2,1H3,(H,29,34). The molecular formula is C28H27N5O4S. The highest BCUT2D eigenvalue weighted by Gasteiger charge is 2.24. The molecule has 0 atom stereocenters. The number of ether oxygens (including phenoxy) is 1. The Kier molecular flexibility index (Phi) is 7.89. The van der Waals surface area contributed by atoms with Crippen LogP contribution in [0.2, 0.25) is 0 Å². The predicted molar refractivity (Wildman–Crippen MR) is 147 cm³/mol. The highest BCUT2D eigenvalue weighted by Crippen LogP contribution is 2.25. The Balaban J connectivity index is 1.09. The summed E-state index contributed by atoms with van der Waals surface area (Å²) in [6.45, 7) is 2.68. The summed E-state index contributed by atoms with van der Waals surface area (Å²) in [5, 5.41) is 11.3. The number of methoxy groups -OCH3 is 1. The maximum Gasteiger partial charge on any atom is 0.277 e. The topological polar surface area (TPSA) is 101 Å². The van der Waals surface area contributed by atoms with Gasteiger partial charge < -0.3 is 24.3 Å². The largest absolute Gasteiger partial charge is 0.496 e. The van der Waals surface area contributed by atoms with Gasteiger partial charge in [-0.3, -0.25) is 9.59 Å². The molecule has 1 fully saturated rings. The quantitative estimate of drug-likeness (QED) is 0.335. The van der Waals surface area contributed by atoms with E-state index in [0.717, 1.165) is 24.3 Å². The minimum absolute atomic E-state index is 0.0187. The second-order valence-corrected chi connectivity index (χ2v) is 9.53. The molecule has 3 aromatic carbocycles. The number of anilines is 2. The lowest BCUT2D eigenvalue weighted by atomic mass is 10.1. The van der Waals surface area contributed by atoms with Crippen LogP contribution in [0.3, 0.4) is 0 Å². The van der Waals surface area contributed by atoms with Gasteiger partial charge in [-0.1, -0.05) is 42.1 Å². The smallest absolute Gasteiger partial charge is 0.277 e. The molecule has 0 aliphatic carbocycles. The molecule has 10 heteroatoms. The fourth-order valence-electron chi connectivity index (χ4n) is 4.20. The Labute approximate surface area is 224 Å². The molecule has 4 aromatic rings. The number of nitrogens with one attached hydrogen (secondary N) is 1. The van der Waals surface area contributed by atoms with Gasteiger partial charge in [0.15, 0.2) is 0 Å². The van der Waals surface area contributed by atoms with Gasteiger partial charge in [0.2, 0.25) is 11.8 Å². The van der Waals surface area contributed by atoms with Crippen LogP contribution in [0.25, 0.3) is 11.5 Å². The molecule has 2 heterocycles. The molecule has 0 radical (unpaired) electrons. The summed E-state index contributed by atoms with van der Waals surface area (Å²) in [7, 11) is 1.57. The highest BCUT2D eigenvalue weighted by atomic mass is 32.2. The Bertz CT molecular complexity index is 1390. The zero-order valence-electron chi connectivity index (χ0n) is 20.9. The summed E-state index contributed by atoms with van der Waals surface area (Å²) in [6, 6.07) is 24.5. The number of benzene rings is 3. The maximum atomic E-state index is 13.0. The average molecular weight is 530 g/mol. The molecule has 1 N–H and O–H groups in total. The van der Waals surface area contributed by atoms with Crippen molar-refractivity contribution in [2.45, 2.75) is 5.22 Å². The number of amides is 2. The molecule has 2 amide bonds. The van der Waals surface area contributed by atoms with Crippen LogP contribution in [0.5, 0.6) is 5.75 Å². The van der Waals surface area contributed by atoms with Crippen molar-refractivity contribution in [2.75, 3.05) is 49.3 Å². The molecule has 1 aliphatic rings. The van der Waals surface area contributed by atoms with E-state index in [1.807, 2.05) is 71.6 Å². The van der Waals surface area contributed by atoms with Gasteiger partial charge in [0.25, 0.3) is 11.1 Å². The van der Waals surface area contributed by atoms with Crippen LogP contribution in [0.15, 0.2) is 88.5 Å². The zero-order chi connectivity index (χ0) is 26.3. The van der Waals surface area contributed by atoms with E-state index >= 15 is 0 Å². The van der Waals surface area contributed by atoms with E-state index in [-0.39, 0.29) is 17.6 Å². The van der Waals surface area contributed by atoms with Gasteiger partial charge in [-0.05, 0) is 48.5 Å². The van der Waals surface area contributed by atoms with E-state index < -0.39 is 0 Å². The van der Waals surface area contributed by atoms with E-state index in [0.29, 0.717) is 41.2 Å². The number of para-hydroxylation sites is 1. The van der Waals surface area contributed by atoms with Crippen molar-refractivity contribution in [3.63, 3.8) is 0 Å². The van der Waals surface area contributed by atoms with Crippen LogP contribution < -0.4 is 15.0 Å². The number of nitrogens with zero attached hydrogens (tertiary/aromatic N) is 4. The fourth-order valence-corrected chi connectivity index (χ4v) is 4.77. The number of hydrogen-bond acceptors (Lipinski definition) is 8. The average Bonchev–Trinajstić information content (AvgIpc) is 3.46. The van der Waals surface area contributed by atoms with Crippen LogP contribution in [0.1, 0.15) is 10.4 Å². The lowest BCUT2D eigenvalue weighted by Crippen LogP contribution is -2.48. The highest BCUT2D eigenvalue weighted by molar-refractivity contribution is 7.99. The number of piperazine rings is 1. The number of aromatic nitrogens is 2. The molecule has 1 aliphatic heterocycles. The van der Waals surface area contributed by atoms with Crippen molar-refractivity contribution in [1.82, 2.24) is 15.1 Å². The molecule has 5 rings (SSSR count). The maximum absolute atomic E-state index is 13.0. The normalized spacial score (nSPS) is 13.3. The molecule has 38 heavy (non-hydrogen) atoms. The Morgan fingerprint density at radius 1 is 0.921 bits per heavy atom. The Hall–Kier alpha value is -4.31. The first kappa shape index (κ1) is 25.3. The number of hydrogen-bond donors (Lipinski definition) is 1. The molecule has 0 saturated carbocycles. The molecule has 0 unspecified atom stereocenters. The Morgan fingerprint density at radius 2 is 1.63 bits per heavy atom. The second kappa shape index (κ2) is 11.8. The van der Waals surface area contributed by atoms with Crippen molar-refractivity contribution in [2.24, 2.45) is 0 Å². The van der Waals surface area contributed by atoms with Crippen LogP contribution in [0.4, 0.5) is 11.4 Å². The number of carbonyl (C=O) groups is 2. The molecule has 1 saturated heterocycles. The van der Waals surface area contributed by atoms with Gasteiger partial charge >= 0.3 is 0 Å². The summed E-state index contributed by atoms with van der Waals surface area (Å²) < 4.78 is 11.0. The summed E-state index contributed by atoms with van der Waals surface area (Å²) in [5.74, 6) is 0.986. The van der Waals surface area contributed by atoms with E-state index in [9.17, 15) is 9.59 Å². The van der Waals surface area contributed by atoms with Gasteiger partial charge in [-0.25, -0.2) is 0 Å². The first-order valence-corrected chi connectivity index (χ1v) is 13.2. The number of rotatable bonds is 8. The fraction of sp³-hybridized carbons (Fsp3) is 0.214. The number of carbonyl (C=O) groups excluding carboxylic acids is 2. The minimum Gasteiger partial charge on any atom is -0.496 e. The van der Waals surface area contributed by atoms with Crippen molar-refractivity contribution < 1.29 is 18.7 Å². The SMILES string of the molecule is COc1ccccc1C(=O)N1CCN(c2ccc(NC(=O)CSc3nnc(-c4ccccc4)o3)cc2)CC1. The van der Waals surface area contributed by atoms with E-state index in [1.54, 1.807) is 19.2 Å². The third-order valence-corrected chi connectivity index (χ3v) is 6.99. The predicted octanol–water partition coefficient (Wildman–Crippen LogP) is 4.44. The molecule has 0 bridgehead atoms. The first-order valence-electron chi connectivity index (χ1n) is 12.2. The van der Waals surface area contributed by atoms with Crippen LogP contribution in [-0.2, 0) is 4.79 Å². The van der Waals surface area contributed by atoms with Crippen LogP contribution in [0, 0.1) is 0 Å². The summed E-state index contributed by atoms with van der Waals surface area (Å²) in [4.78, 5) is 29.5. The minimum atomic E-state index is -0.161. The molecule has 1 aromatic heterocycles. The third-order valence-electron chi connectivity index (χ3n) is 6.17. The molecule has 0 spiro atoms. The van der Waals surface area contributed by atoms with E-state index in [4.69, 9.17) is 9.15 Å². The van der Waals surface area contributed by atoms with Crippen molar-refractivity contribution in [3.8, 4) is 17.2 Å². The van der Waals surface area contributed by atoms with Crippen molar-refractivity contribution in [1.29, 1.82) is 0 Å². The second-order valence-electron chi connectivity index (χ2n) is 8.60. The summed E-state index contributed by atoms with van der Waals surface area (Å²) in [6.07, 6.45) is 0. The summed E-state index contributed by atoms with van der Waals surface area (Å²) in [5.41, 5.74) is 3.17. The Morgan fingerprint density at radius 3 is 2.37 bits per heavy atom. The van der Waals surface area contributed by atoms with E-state index in [2.05, 4.69) is 20.4 Å². The summed E-state index contributed by atoms with van der Waals surface area (Å²) >= 11 is 1.19. The molecular weight excluding hydrogens is 502 g/mol. The van der Waals surface area contributed by atoms with Gasteiger partial charge in [-0.2, -0.15) is 0 Å². The van der Waals surface area contributed by atoms with Crippen molar-refractivity contribution >= 4 is 35.0 Å². The van der Waals surface area contributed by atoms with Crippen molar-refractivity contribution in [3.05, 3.63) is 84.4 Å². The monoisotopic (exact) mass is 529 g/mol. The lowest BCUT2D eigenvalue weighted by molar-refractivity contribution is -0.113. The van der Waals surface area contributed by atoms with Crippen LogP contribution >= 0.6 is 11.8 Å². The van der Waals surface area contributed by atoms with E-state index in [1.165, 1.54) is 11.8 Å². The molecule has 9 nitrogen and oxygen atoms in total. The lowest BCUT2D eigenvalue weighted by Gasteiger charge is -2.36. The van der Waals surface area contributed by atoms with Gasteiger partial charge in [-0.15, -0.1) is 10.2 Å². The first-order chi connectivity index (χ1) is 18.6. The van der Waals surface area contributed by atoms with Gasteiger partial charge in [0, 0.05) is 43.1 Å². The van der Waals surface area contributed by atoms with Gasteiger partial charge in [0.05, 0.1) is 18.4 Å². The molecule has 194 valence electrons. The van der Waals surface area contributed by atoms with Gasteiger partial charge in [0.1, 0.15) is 5.75 Å². The van der Waals surface area contributed by atoms with Crippen LogP contribution in [-0.4, -0.2) is 66.0 Å². The number of thioether (sulfide) groups is 1. The third kappa shape index (κ3) is 5.97.